The van der Waals surface area contributed by atoms with Crippen molar-refractivity contribution >= 4 is 28.8 Å². The molecule has 0 radical (unpaired) electrons. The molecule has 3 aromatic carbocycles. The van der Waals surface area contributed by atoms with Crippen LogP contribution in [0.2, 0.25) is 0 Å². The van der Waals surface area contributed by atoms with E-state index in [2.05, 4.69) is 112 Å². The highest BCUT2D eigenvalue weighted by Gasteiger charge is 2.33. The Morgan fingerprint density at radius 2 is 1.22 bits per heavy atom. The van der Waals surface area contributed by atoms with Gasteiger partial charge in [-0.05, 0) is 46.5 Å². The summed E-state index contributed by atoms with van der Waals surface area (Å²) >= 11 is 0. The summed E-state index contributed by atoms with van der Waals surface area (Å²) in [4.78, 5) is 12.4. The van der Waals surface area contributed by atoms with Crippen molar-refractivity contribution < 1.29 is 9.78 Å². The highest BCUT2D eigenvalue weighted by atomic mass is 31.2. The van der Waals surface area contributed by atoms with Gasteiger partial charge in [0.25, 0.3) is 0 Å². The Morgan fingerprint density at radius 1 is 0.750 bits per heavy atom. The molecule has 0 saturated heterocycles. The summed E-state index contributed by atoms with van der Waals surface area (Å²) in [6, 6.07) is 32.2. The van der Waals surface area contributed by atoms with Gasteiger partial charge in [0, 0.05) is 6.89 Å². The average molecular weight is 447 g/mol. The van der Waals surface area contributed by atoms with Gasteiger partial charge in [0.2, 0.25) is 0 Å². The highest BCUT2D eigenvalue weighted by Crippen LogP contribution is 2.44. The van der Waals surface area contributed by atoms with Gasteiger partial charge >= 0.3 is 0 Å². The first-order chi connectivity index (χ1) is 15.6. The van der Waals surface area contributed by atoms with E-state index in [4.69, 9.17) is 9.78 Å². The molecule has 0 amide bonds. The lowest BCUT2D eigenvalue weighted by atomic mass is 9.75. The van der Waals surface area contributed by atoms with Gasteiger partial charge in [-0.2, -0.15) is 0 Å². The molecule has 0 bridgehead atoms. The smallest absolute Gasteiger partial charge is 0.0967 e. The molecule has 168 valence electrons. The Bertz CT molecular complexity index is 911. The standard InChI is InChI=1S/C29H35O2P/c1-23(2)28-20-19-24(3)21-29(28)31-30-22-32(25-13-7-4-8-14-25,26-15-9-5-10-16-26)27-17-11-6-12-18-27/h4-18,22-24,28-29H,19-21H2,1-3H3/t24-,28+,29-/m1/s1. The fraction of sp³-hybridized carbons (Fsp3) is 0.345. The van der Waals surface area contributed by atoms with Crippen molar-refractivity contribution in [2.45, 2.75) is 46.1 Å². The molecule has 4 rings (SSSR count). The molecule has 1 fully saturated rings. The van der Waals surface area contributed by atoms with Crippen molar-refractivity contribution in [2.75, 3.05) is 0 Å². The molecular weight excluding hydrogens is 411 g/mol. The zero-order valence-corrected chi connectivity index (χ0v) is 20.3. The first-order valence-electron chi connectivity index (χ1n) is 11.8. The van der Waals surface area contributed by atoms with E-state index in [1.165, 1.54) is 28.8 Å². The maximum absolute atomic E-state index is 6.22. The van der Waals surface area contributed by atoms with Crippen LogP contribution in [0, 0.1) is 17.8 Å². The molecule has 1 saturated carbocycles. The van der Waals surface area contributed by atoms with E-state index in [1.807, 2.05) is 5.98 Å². The van der Waals surface area contributed by atoms with Gasteiger partial charge in [-0.25, -0.2) is 9.78 Å². The minimum absolute atomic E-state index is 0.138. The quantitative estimate of drug-likeness (QED) is 0.246. The Hall–Kier alpha value is -2.12. The molecule has 1 aliphatic rings. The summed E-state index contributed by atoms with van der Waals surface area (Å²) in [6.07, 6.45) is 3.69. The van der Waals surface area contributed by atoms with Crippen molar-refractivity contribution in [1.29, 1.82) is 0 Å². The lowest BCUT2D eigenvalue weighted by molar-refractivity contribution is -0.277. The van der Waals surface area contributed by atoms with Gasteiger partial charge in [-0.3, -0.25) is 0 Å². The van der Waals surface area contributed by atoms with Crippen molar-refractivity contribution in [1.82, 2.24) is 0 Å². The molecule has 3 heteroatoms. The van der Waals surface area contributed by atoms with E-state index < -0.39 is 6.89 Å². The van der Waals surface area contributed by atoms with Crippen molar-refractivity contribution in [2.24, 2.45) is 17.8 Å². The topological polar surface area (TPSA) is 18.5 Å². The van der Waals surface area contributed by atoms with E-state index in [9.17, 15) is 0 Å². The predicted octanol–water partition coefficient (Wildman–Crippen LogP) is 6.15. The minimum atomic E-state index is -2.15. The zero-order chi connectivity index (χ0) is 22.4. The van der Waals surface area contributed by atoms with Gasteiger partial charge in [-0.15, -0.1) is 0 Å². The number of benzene rings is 3. The second kappa shape index (κ2) is 10.7. The van der Waals surface area contributed by atoms with Gasteiger partial charge < -0.3 is 0 Å². The van der Waals surface area contributed by atoms with Gasteiger partial charge in [0.15, 0.2) is 0 Å². The van der Waals surface area contributed by atoms with E-state index >= 15 is 0 Å². The molecule has 0 aliphatic heterocycles. The van der Waals surface area contributed by atoms with Crippen LogP contribution in [0.3, 0.4) is 0 Å². The zero-order valence-electron chi connectivity index (χ0n) is 19.4. The maximum atomic E-state index is 6.22. The van der Waals surface area contributed by atoms with E-state index in [-0.39, 0.29) is 6.10 Å². The molecule has 0 unspecified atom stereocenters. The summed E-state index contributed by atoms with van der Waals surface area (Å²) in [6.45, 7) is 4.78. The summed E-state index contributed by atoms with van der Waals surface area (Å²) in [5, 5.41) is 3.79. The molecule has 3 atom stereocenters. The van der Waals surface area contributed by atoms with E-state index in [0.717, 1.165) is 6.42 Å². The lowest BCUT2D eigenvalue weighted by Crippen LogP contribution is -2.34. The fourth-order valence-electron chi connectivity index (χ4n) is 5.01. The third kappa shape index (κ3) is 4.94. The highest BCUT2D eigenvalue weighted by molar-refractivity contribution is 7.94. The second-order valence-corrected chi connectivity index (χ2v) is 12.6. The molecule has 3 aromatic rings. The fourth-order valence-corrected chi connectivity index (χ4v) is 8.37. The molecule has 0 heterocycles. The van der Waals surface area contributed by atoms with Crippen LogP contribution >= 0.6 is 6.89 Å². The SMILES string of the molecule is CC(C)[C@@H]1CC[C@@H](C)C[C@H]1OOC=P(c1ccccc1)(c1ccccc1)c1ccccc1. The maximum Gasteiger partial charge on any atom is 0.0967 e. The molecule has 0 N–H and O–H groups in total. The summed E-state index contributed by atoms with van der Waals surface area (Å²) in [5.74, 6) is 3.82. The number of rotatable bonds is 7. The van der Waals surface area contributed by atoms with Crippen molar-refractivity contribution in [3.63, 3.8) is 0 Å². The molecular formula is C29H35O2P. The Balaban J connectivity index is 1.78. The Morgan fingerprint density at radius 3 is 1.66 bits per heavy atom. The van der Waals surface area contributed by atoms with Crippen molar-refractivity contribution in [3.05, 3.63) is 91.0 Å². The van der Waals surface area contributed by atoms with Crippen LogP contribution in [-0.2, 0) is 9.78 Å². The van der Waals surface area contributed by atoms with Crippen LogP contribution < -0.4 is 15.9 Å². The third-order valence-electron chi connectivity index (χ3n) is 6.83. The van der Waals surface area contributed by atoms with Gasteiger partial charge in [-0.1, -0.05) is 118 Å². The van der Waals surface area contributed by atoms with Crippen LogP contribution in [0.4, 0.5) is 0 Å². The number of hydrogen-bond donors (Lipinski definition) is 0. The van der Waals surface area contributed by atoms with Crippen LogP contribution in [0.25, 0.3) is 0 Å². The molecule has 0 aromatic heterocycles. The summed E-state index contributed by atoms with van der Waals surface area (Å²) in [5.41, 5.74) is 0. The van der Waals surface area contributed by atoms with Crippen LogP contribution in [-0.4, -0.2) is 12.1 Å². The third-order valence-corrected chi connectivity index (χ3v) is 10.6. The van der Waals surface area contributed by atoms with Crippen LogP contribution in [0.1, 0.15) is 40.0 Å². The average Bonchev–Trinajstić information content (AvgIpc) is 2.83. The van der Waals surface area contributed by atoms with Crippen LogP contribution in [0.15, 0.2) is 91.0 Å². The first kappa shape index (κ1) is 23.1. The number of hydrogen-bond acceptors (Lipinski definition) is 2. The second-order valence-electron chi connectivity index (χ2n) is 9.39. The predicted molar refractivity (Wildman–Crippen MR) is 139 cm³/mol. The van der Waals surface area contributed by atoms with E-state index in [0.29, 0.717) is 17.8 Å². The summed E-state index contributed by atoms with van der Waals surface area (Å²) < 4.78 is 0. The largest absolute Gasteiger partial charge is 0.228 e. The Kier molecular flexibility index (Phi) is 7.68. The van der Waals surface area contributed by atoms with E-state index in [1.54, 1.807) is 0 Å². The molecule has 32 heavy (non-hydrogen) atoms. The monoisotopic (exact) mass is 446 g/mol. The van der Waals surface area contributed by atoms with Crippen LogP contribution in [0.5, 0.6) is 0 Å². The molecule has 0 spiro atoms. The first-order valence-corrected chi connectivity index (χ1v) is 13.7. The molecule has 1 aliphatic carbocycles. The van der Waals surface area contributed by atoms with Gasteiger partial charge in [0.1, 0.15) is 0 Å². The lowest BCUT2D eigenvalue weighted by Gasteiger charge is -2.36. The Labute approximate surface area is 193 Å². The summed E-state index contributed by atoms with van der Waals surface area (Å²) in [7, 11) is 0. The molecule has 2 nitrogen and oxygen atoms in total. The van der Waals surface area contributed by atoms with Crippen molar-refractivity contribution in [3.8, 4) is 0 Å². The normalized spacial score (nSPS) is 21.4. The van der Waals surface area contributed by atoms with Gasteiger partial charge in [0.05, 0.1) is 12.1 Å². The minimum Gasteiger partial charge on any atom is -0.228 e.